The van der Waals surface area contributed by atoms with Crippen molar-refractivity contribution in [1.82, 2.24) is 29.9 Å². The Morgan fingerprint density at radius 3 is 2.36 bits per heavy atom. The topological polar surface area (TPSA) is 80.0 Å². The molecule has 0 bridgehead atoms. The zero-order valence-electron chi connectivity index (χ0n) is 15.7. The molecular formula is C20H23N7O. The van der Waals surface area contributed by atoms with Gasteiger partial charge >= 0.3 is 0 Å². The second kappa shape index (κ2) is 8.60. The SMILES string of the molecule is O=C(CCCc1ccccc1)N1CCN(c2ccc(-n3cncn3)nn2)CC1. The number of hydrogen-bond acceptors (Lipinski definition) is 6. The number of benzene rings is 1. The van der Waals surface area contributed by atoms with Crippen LogP contribution >= 0.6 is 0 Å². The molecule has 0 saturated carbocycles. The molecule has 8 nitrogen and oxygen atoms in total. The molecule has 144 valence electrons. The van der Waals surface area contributed by atoms with Crippen LogP contribution in [0.4, 0.5) is 5.82 Å². The van der Waals surface area contributed by atoms with Gasteiger partial charge in [-0.2, -0.15) is 5.10 Å². The van der Waals surface area contributed by atoms with E-state index in [1.165, 1.54) is 11.9 Å². The van der Waals surface area contributed by atoms with Gasteiger partial charge in [-0.15, -0.1) is 10.2 Å². The van der Waals surface area contributed by atoms with Gasteiger partial charge in [0, 0.05) is 32.6 Å². The van der Waals surface area contributed by atoms with Gasteiger partial charge in [-0.25, -0.2) is 9.67 Å². The molecule has 1 saturated heterocycles. The zero-order chi connectivity index (χ0) is 19.2. The minimum absolute atomic E-state index is 0.239. The lowest BCUT2D eigenvalue weighted by atomic mass is 10.1. The highest BCUT2D eigenvalue weighted by Crippen LogP contribution is 2.15. The van der Waals surface area contributed by atoms with E-state index < -0.39 is 0 Å². The summed E-state index contributed by atoms with van der Waals surface area (Å²) >= 11 is 0. The fourth-order valence-electron chi connectivity index (χ4n) is 3.37. The smallest absolute Gasteiger partial charge is 0.222 e. The first-order valence-corrected chi connectivity index (χ1v) is 9.55. The van der Waals surface area contributed by atoms with Crippen molar-refractivity contribution in [1.29, 1.82) is 0 Å². The number of hydrogen-bond donors (Lipinski definition) is 0. The minimum atomic E-state index is 0.239. The molecule has 0 N–H and O–H groups in total. The number of aromatic nitrogens is 5. The molecule has 4 rings (SSSR count). The number of piperazine rings is 1. The van der Waals surface area contributed by atoms with Crippen LogP contribution in [0.1, 0.15) is 18.4 Å². The van der Waals surface area contributed by atoms with Crippen molar-refractivity contribution in [3.8, 4) is 5.82 Å². The quantitative estimate of drug-likeness (QED) is 0.651. The van der Waals surface area contributed by atoms with Crippen LogP contribution in [0, 0.1) is 0 Å². The Kier molecular flexibility index (Phi) is 5.56. The predicted molar refractivity (Wildman–Crippen MR) is 105 cm³/mol. The molecule has 1 aromatic carbocycles. The summed E-state index contributed by atoms with van der Waals surface area (Å²) in [6, 6.07) is 14.1. The molecule has 0 radical (unpaired) electrons. The molecule has 0 spiro atoms. The van der Waals surface area contributed by atoms with Gasteiger partial charge in [0.1, 0.15) is 12.7 Å². The van der Waals surface area contributed by atoms with Crippen LogP contribution in [-0.4, -0.2) is 61.9 Å². The fraction of sp³-hybridized carbons (Fsp3) is 0.350. The van der Waals surface area contributed by atoms with Gasteiger partial charge in [0.15, 0.2) is 11.6 Å². The summed E-state index contributed by atoms with van der Waals surface area (Å²) in [5.74, 6) is 1.69. The van der Waals surface area contributed by atoms with Crippen LogP contribution in [0.15, 0.2) is 55.1 Å². The van der Waals surface area contributed by atoms with E-state index >= 15 is 0 Å². The number of carbonyl (C=O) groups is 1. The molecule has 0 unspecified atom stereocenters. The lowest BCUT2D eigenvalue weighted by Crippen LogP contribution is -2.49. The van der Waals surface area contributed by atoms with Gasteiger partial charge in [0.2, 0.25) is 5.91 Å². The monoisotopic (exact) mass is 377 g/mol. The maximum Gasteiger partial charge on any atom is 0.222 e. The zero-order valence-corrected chi connectivity index (χ0v) is 15.7. The van der Waals surface area contributed by atoms with Gasteiger partial charge in [0.05, 0.1) is 0 Å². The Labute approximate surface area is 163 Å². The molecule has 2 aromatic heterocycles. The molecule has 28 heavy (non-hydrogen) atoms. The standard InChI is InChI=1S/C20H23N7O/c28-20(8-4-7-17-5-2-1-3-6-17)26-13-11-25(12-14-26)18-9-10-19(24-23-18)27-16-21-15-22-27/h1-3,5-6,9-10,15-16H,4,7-8,11-14H2. The average Bonchev–Trinajstić information content (AvgIpc) is 3.30. The highest BCUT2D eigenvalue weighted by molar-refractivity contribution is 5.76. The van der Waals surface area contributed by atoms with E-state index in [1.807, 2.05) is 35.2 Å². The molecule has 3 aromatic rings. The molecular weight excluding hydrogens is 354 g/mol. The Morgan fingerprint density at radius 2 is 1.68 bits per heavy atom. The number of anilines is 1. The van der Waals surface area contributed by atoms with Gasteiger partial charge in [-0.1, -0.05) is 30.3 Å². The van der Waals surface area contributed by atoms with Crippen molar-refractivity contribution in [2.45, 2.75) is 19.3 Å². The van der Waals surface area contributed by atoms with Crippen LogP contribution in [0.3, 0.4) is 0 Å². The summed E-state index contributed by atoms with van der Waals surface area (Å²) in [5, 5.41) is 12.6. The van der Waals surface area contributed by atoms with Crippen molar-refractivity contribution in [2.24, 2.45) is 0 Å². The van der Waals surface area contributed by atoms with E-state index in [0.29, 0.717) is 12.2 Å². The number of aryl methyl sites for hydroxylation is 1. The first-order valence-electron chi connectivity index (χ1n) is 9.55. The fourth-order valence-corrected chi connectivity index (χ4v) is 3.37. The van der Waals surface area contributed by atoms with E-state index in [4.69, 9.17) is 0 Å². The summed E-state index contributed by atoms with van der Waals surface area (Å²) in [7, 11) is 0. The summed E-state index contributed by atoms with van der Waals surface area (Å²) in [6.07, 6.45) is 5.48. The Bertz CT molecular complexity index is 873. The lowest BCUT2D eigenvalue weighted by molar-refractivity contribution is -0.131. The average molecular weight is 377 g/mol. The van der Waals surface area contributed by atoms with Gasteiger partial charge < -0.3 is 9.80 Å². The van der Waals surface area contributed by atoms with E-state index in [1.54, 1.807) is 11.0 Å². The highest BCUT2D eigenvalue weighted by Gasteiger charge is 2.21. The second-order valence-electron chi connectivity index (χ2n) is 6.80. The van der Waals surface area contributed by atoms with Crippen molar-refractivity contribution in [2.75, 3.05) is 31.1 Å². The minimum Gasteiger partial charge on any atom is -0.352 e. The second-order valence-corrected chi connectivity index (χ2v) is 6.80. The van der Waals surface area contributed by atoms with Gasteiger partial charge in [-0.3, -0.25) is 4.79 Å². The Balaban J connectivity index is 1.24. The number of rotatable bonds is 6. The van der Waals surface area contributed by atoms with E-state index in [-0.39, 0.29) is 5.91 Å². The van der Waals surface area contributed by atoms with Crippen molar-refractivity contribution >= 4 is 11.7 Å². The predicted octanol–water partition coefficient (Wildman–Crippen LogP) is 1.73. The van der Waals surface area contributed by atoms with E-state index in [2.05, 4.69) is 37.3 Å². The summed E-state index contributed by atoms with van der Waals surface area (Å²) in [4.78, 5) is 20.5. The molecule has 1 fully saturated rings. The van der Waals surface area contributed by atoms with Crippen LogP contribution < -0.4 is 4.90 Å². The molecule has 1 aliphatic heterocycles. The third-order valence-electron chi connectivity index (χ3n) is 4.95. The maximum atomic E-state index is 12.5. The van der Waals surface area contributed by atoms with Crippen LogP contribution in [0.5, 0.6) is 0 Å². The number of amides is 1. The maximum absolute atomic E-state index is 12.5. The normalized spacial score (nSPS) is 14.3. The van der Waals surface area contributed by atoms with Crippen LogP contribution in [0.2, 0.25) is 0 Å². The van der Waals surface area contributed by atoms with Crippen molar-refractivity contribution in [3.63, 3.8) is 0 Å². The van der Waals surface area contributed by atoms with Crippen LogP contribution in [0.25, 0.3) is 5.82 Å². The number of carbonyl (C=O) groups excluding carboxylic acids is 1. The number of nitrogens with zero attached hydrogens (tertiary/aromatic N) is 7. The molecule has 1 aliphatic rings. The summed E-state index contributed by atoms with van der Waals surface area (Å²) < 4.78 is 1.57. The van der Waals surface area contributed by atoms with Gasteiger partial charge in [-0.05, 0) is 30.5 Å². The molecule has 3 heterocycles. The summed E-state index contributed by atoms with van der Waals surface area (Å²) in [5.41, 5.74) is 1.29. The lowest BCUT2D eigenvalue weighted by Gasteiger charge is -2.35. The third kappa shape index (κ3) is 4.33. The van der Waals surface area contributed by atoms with Crippen LogP contribution in [-0.2, 0) is 11.2 Å². The first kappa shape index (κ1) is 18.1. The summed E-state index contributed by atoms with van der Waals surface area (Å²) in [6.45, 7) is 2.97. The van der Waals surface area contributed by atoms with Gasteiger partial charge in [0.25, 0.3) is 0 Å². The Morgan fingerprint density at radius 1 is 0.929 bits per heavy atom. The molecule has 0 aliphatic carbocycles. The van der Waals surface area contributed by atoms with Crippen molar-refractivity contribution in [3.05, 3.63) is 60.7 Å². The first-order chi connectivity index (χ1) is 13.8. The molecule has 8 heteroatoms. The highest BCUT2D eigenvalue weighted by atomic mass is 16.2. The Hall–Kier alpha value is -3.29. The van der Waals surface area contributed by atoms with Crippen molar-refractivity contribution < 1.29 is 4.79 Å². The largest absolute Gasteiger partial charge is 0.352 e. The van der Waals surface area contributed by atoms with E-state index in [9.17, 15) is 4.79 Å². The molecule has 1 amide bonds. The third-order valence-corrected chi connectivity index (χ3v) is 4.95. The molecule has 0 atom stereocenters. The van der Waals surface area contributed by atoms with E-state index in [0.717, 1.165) is 44.8 Å².